The number of hydrogen-bond donors (Lipinski definition) is 0. The largest absolute Gasteiger partial charge is 0.476 e. The first-order valence-corrected chi connectivity index (χ1v) is 8.43. The molecule has 1 saturated carbocycles. The number of hydrogen-bond acceptors (Lipinski definition) is 4. The minimum absolute atomic E-state index is 0.0209. The summed E-state index contributed by atoms with van der Waals surface area (Å²) in [4.78, 5) is 12.1. The molecule has 5 nitrogen and oxygen atoms in total. The van der Waals surface area contributed by atoms with Crippen LogP contribution in [0.1, 0.15) is 53.4 Å². The zero-order valence-corrected chi connectivity index (χ0v) is 15.0. The Labute approximate surface area is 145 Å². The molecule has 0 bridgehead atoms. The Morgan fingerprint density at radius 3 is 2.52 bits per heavy atom. The van der Waals surface area contributed by atoms with E-state index in [1.807, 2.05) is 13.8 Å². The Bertz CT molecular complexity index is 605. The summed E-state index contributed by atoms with van der Waals surface area (Å²) < 4.78 is 50.1. The molecule has 0 aliphatic heterocycles. The Morgan fingerprint density at radius 2 is 2.00 bits per heavy atom. The van der Waals surface area contributed by atoms with Crippen LogP contribution in [0.5, 0.6) is 5.88 Å². The van der Waals surface area contributed by atoms with E-state index in [0.717, 1.165) is 11.1 Å². The van der Waals surface area contributed by atoms with Crippen molar-refractivity contribution in [3.05, 3.63) is 12.3 Å². The number of nitrogens with zero attached hydrogens (tertiary/aromatic N) is 2. The predicted octanol–water partition coefficient (Wildman–Crippen LogP) is 4.80. The molecule has 0 radical (unpaired) electrons. The lowest BCUT2D eigenvalue weighted by Gasteiger charge is -2.25. The molecule has 1 aliphatic carbocycles. The molecule has 1 aromatic rings. The number of ether oxygens (including phenoxy) is 2. The van der Waals surface area contributed by atoms with Gasteiger partial charge in [0.15, 0.2) is 0 Å². The molecular weight excluding hydrogens is 337 g/mol. The summed E-state index contributed by atoms with van der Waals surface area (Å²) in [6, 6.07) is 1.36. The number of carbonyl (C=O) groups is 1. The van der Waals surface area contributed by atoms with Crippen LogP contribution in [0.3, 0.4) is 0 Å². The van der Waals surface area contributed by atoms with Crippen molar-refractivity contribution in [2.24, 2.45) is 11.3 Å². The minimum Gasteiger partial charge on any atom is -0.476 e. The van der Waals surface area contributed by atoms with Crippen LogP contribution >= 0.6 is 0 Å². The van der Waals surface area contributed by atoms with Gasteiger partial charge in [-0.2, -0.15) is 17.9 Å². The van der Waals surface area contributed by atoms with Gasteiger partial charge in [0, 0.05) is 12.3 Å². The first-order chi connectivity index (χ1) is 11.4. The molecule has 0 N–H and O–H groups in total. The van der Waals surface area contributed by atoms with Crippen molar-refractivity contribution in [2.75, 3.05) is 6.61 Å². The Kier molecular flexibility index (Phi) is 5.39. The lowest BCUT2D eigenvalue weighted by molar-refractivity contribution is -0.194. The lowest BCUT2D eigenvalue weighted by atomic mass is 9.97. The molecule has 0 unspecified atom stereocenters. The smallest absolute Gasteiger partial charge is 0.435 e. The van der Waals surface area contributed by atoms with Gasteiger partial charge in [-0.05, 0) is 45.4 Å². The standard InChI is InChI=1S/C17H25F3N2O3/c1-12(2)5-7-15(3,4)25-14(23)22-10-6-13(21-22)24-11-16(8-9-16)17(18,19)20/h6,10,12H,5,7-9,11H2,1-4H3. The van der Waals surface area contributed by atoms with Crippen molar-refractivity contribution < 1.29 is 27.4 Å². The average Bonchev–Trinajstić information content (AvgIpc) is 3.13. The molecule has 2 rings (SSSR count). The number of rotatable bonds is 7. The Morgan fingerprint density at radius 1 is 1.36 bits per heavy atom. The highest BCUT2D eigenvalue weighted by molar-refractivity contribution is 5.69. The summed E-state index contributed by atoms with van der Waals surface area (Å²) in [5, 5.41) is 3.86. The summed E-state index contributed by atoms with van der Waals surface area (Å²) in [6.07, 6.45) is -1.91. The highest BCUT2D eigenvalue weighted by atomic mass is 19.4. The molecule has 8 heteroatoms. The maximum Gasteiger partial charge on any atom is 0.435 e. The fraction of sp³-hybridized carbons (Fsp3) is 0.765. The third kappa shape index (κ3) is 5.12. The second kappa shape index (κ2) is 6.88. The van der Waals surface area contributed by atoms with Crippen molar-refractivity contribution in [1.82, 2.24) is 9.78 Å². The van der Waals surface area contributed by atoms with Crippen LogP contribution in [0, 0.1) is 11.3 Å². The number of alkyl halides is 3. The van der Waals surface area contributed by atoms with Gasteiger partial charge in [-0.3, -0.25) is 0 Å². The molecule has 25 heavy (non-hydrogen) atoms. The summed E-state index contributed by atoms with van der Waals surface area (Å²) in [7, 11) is 0. The zero-order chi connectivity index (χ0) is 18.9. The van der Waals surface area contributed by atoms with Crippen LogP contribution in [-0.2, 0) is 4.74 Å². The van der Waals surface area contributed by atoms with Gasteiger partial charge in [0.2, 0.25) is 5.88 Å². The van der Waals surface area contributed by atoms with E-state index in [-0.39, 0.29) is 18.7 Å². The van der Waals surface area contributed by atoms with Gasteiger partial charge in [-0.15, -0.1) is 5.10 Å². The molecular formula is C17H25F3N2O3. The molecule has 1 aromatic heterocycles. The highest BCUT2D eigenvalue weighted by Gasteiger charge is 2.64. The van der Waals surface area contributed by atoms with Gasteiger partial charge >= 0.3 is 12.3 Å². The van der Waals surface area contributed by atoms with Crippen molar-refractivity contribution in [1.29, 1.82) is 0 Å². The fourth-order valence-corrected chi connectivity index (χ4v) is 2.33. The molecule has 142 valence electrons. The molecule has 0 aromatic carbocycles. The second-order valence-corrected chi connectivity index (χ2v) is 7.73. The summed E-state index contributed by atoms with van der Waals surface area (Å²) in [5.41, 5.74) is -2.42. The van der Waals surface area contributed by atoms with E-state index in [0.29, 0.717) is 12.3 Å². The van der Waals surface area contributed by atoms with Crippen LogP contribution < -0.4 is 4.74 Å². The SMILES string of the molecule is CC(C)CCC(C)(C)OC(=O)n1ccc(OCC2(C(F)(F)F)CC2)n1. The minimum atomic E-state index is -4.28. The molecule has 0 saturated heterocycles. The van der Waals surface area contributed by atoms with Crippen molar-refractivity contribution >= 4 is 6.09 Å². The van der Waals surface area contributed by atoms with E-state index in [2.05, 4.69) is 18.9 Å². The topological polar surface area (TPSA) is 53.4 Å². The quantitative estimate of drug-likeness (QED) is 0.699. The van der Waals surface area contributed by atoms with Crippen molar-refractivity contribution in [3.63, 3.8) is 0 Å². The van der Waals surface area contributed by atoms with E-state index in [1.54, 1.807) is 0 Å². The zero-order valence-electron chi connectivity index (χ0n) is 15.0. The van der Waals surface area contributed by atoms with Crippen molar-refractivity contribution in [3.8, 4) is 5.88 Å². The van der Waals surface area contributed by atoms with Gasteiger partial charge in [-0.25, -0.2) is 4.79 Å². The van der Waals surface area contributed by atoms with Gasteiger partial charge in [0.1, 0.15) is 17.6 Å². The average molecular weight is 362 g/mol. The summed E-state index contributed by atoms with van der Waals surface area (Å²) in [5.74, 6) is 0.471. The van der Waals surface area contributed by atoms with E-state index >= 15 is 0 Å². The van der Waals surface area contributed by atoms with Crippen LogP contribution in [0.4, 0.5) is 18.0 Å². The van der Waals surface area contributed by atoms with Crippen LogP contribution in [-0.4, -0.2) is 34.3 Å². The summed E-state index contributed by atoms with van der Waals surface area (Å²) in [6.45, 7) is 7.32. The molecule has 1 fully saturated rings. The normalized spacial score (nSPS) is 16.8. The summed E-state index contributed by atoms with van der Waals surface area (Å²) >= 11 is 0. The van der Waals surface area contributed by atoms with Crippen LogP contribution in [0.25, 0.3) is 0 Å². The third-order valence-electron chi connectivity index (χ3n) is 4.39. The molecule has 1 aliphatic rings. The monoisotopic (exact) mass is 362 g/mol. The van der Waals surface area contributed by atoms with Gasteiger partial charge < -0.3 is 9.47 Å². The Balaban J connectivity index is 1.89. The number of carbonyl (C=O) groups excluding carboxylic acids is 1. The van der Waals surface area contributed by atoms with Crippen LogP contribution in [0.15, 0.2) is 12.3 Å². The van der Waals surface area contributed by atoms with Crippen LogP contribution in [0.2, 0.25) is 0 Å². The van der Waals surface area contributed by atoms with Gasteiger partial charge in [0.25, 0.3) is 0 Å². The highest BCUT2D eigenvalue weighted by Crippen LogP contribution is 2.57. The first kappa shape index (κ1) is 19.6. The predicted molar refractivity (Wildman–Crippen MR) is 85.5 cm³/mol. The Hall–Kier alpha value is -1.73. The van der Waals surface area contributed by atoms with Gasteiger partial charge in [-0.1, -0.05) is 13.8 Å². The molecule has 0 atom stereocenters. The molecule has 0 amide bonds. The molecule has 1 heterocycles. The fourth-order valence-electron chi connectivity index (χ4n) is 2.33. The van der Waals surface area contributed by atoms with Crippen molar-refractivity contribution in [2.45, 2.75) is 65.2 Å². The maximum absolute atomic E-state index is 12.9. The number of halogens is 3. The van der Waals surface area contributed by atoms with E-state index in [1.165, 1.54) is 12.3 Å². The van der Waals surface area contributed by atoms with E-state index < -0.39 is 29.9 Å². The maximum atomic E-state index is 12.9. The molecule has 0 spiro atoms. The van der Waals surface area contributed by atoms with E-state index in [4.69, 9.17) is 9.47 Å². The first-order valence-electron chi connectivity index (χ1n) is 8.43. The van der Waals surface area contributed by atoms with E-state index in [9.17, 15) is 18.0 Å². The second-order valence-electron chi connectivity index (χ2n) is 7.73. The lowest BCUT2D eigenvalue weighted by Crippen LogP contribution is -2.31. The third-order valence-corrected chi connectivity index (χ3v) is 4.39. The van der Waals surface area contributed by atoms with Gasteiger partial charge in [0.05, 0.1) is 0 Å². The number of aromatic nitrogens is 2.